The zero-order valence-corrected chi connectivity index (χ0v) is 37.9. The fraction of sp³-hybridized carbons (Fsp3) is 0.537. The van der Waals surface area contributed by atoms with Gasteiger partial charge in [0.1, 0.15) is 13.2 Å². The Hall–Kier alpha value is -4.45. The third-order valence-electron chi connectivity index (χ3n) is 9.10. The monoisotopic (exact) mass is 827 g/mol. The molecule has 0 aromatic rings. The second kappa shape index (κ2) is 47.2. The molecule has 0 aromatic carbocycles. The van der Waals surface area contributed by atoms with Crippen molar-refractivity contribution >= 4 is 17.9 Å². The summed E-state index contributed by atoms with van der Waals surface area (Å²) in [7, 11) is 0. The van der Waals surface area contributed by atoms with Gasteiger partial charge in [-0.1, -0.05) is 212 Å². The lowest BCUT2D eigenvalue weighted by Crippen LogP contribution is -2.30. The van der Waals surface area contributed by atoms with Crippen molar-refractivity contribution in [3.8, 4) is 0 Å². The minimum absolute atomic E-state index is 0.125. The van der Waals surface area contributed by atoms with E-state index in [1.54, 1.807) is 0 Å². The largest absolute Gasteiger partial charge is 0.462 e. The van der Waals surface area contributed by atoms with Crippen LogP contribution in [0.5, 0.6) is 0 Å². The maximum absolute atomic E-state index is 12.7. The molecule has 0 N–H and O–H groups in total. The second-order valence-electron chi connectivity index (χ2n) is 14.8. The number of ether oxygens (including phenoxy) is 3. The van der Waals surface area contributed by atoms with Crippen molar-refractivity contribution in [2.75, 3.05) is 13.2 Å². The Balaban J connectivity index is 4.57. The van der Waals surface area contributed by atoms with Crippen LogP contribution in [0.15, 0.2) is 134 Å². The van der Waals surface area contributed by atoms with Crippen LogP contribution in [-0.2, 0) is 28.6 Å². The van der Waals surface area contributed by atoms with Gasteiger partial charge in [-0.2, -0.15) is 0 Å². The van der Waals surface area contributed by atoms with E-state index in [1.165, 1.54) is 32.1 Å². The molecule has 0 aliphatic carbocycles. The third-order valence-corrected chi connectivity index (χ3v) is 9.10. The fourth-order valence-corrected chi connectivity index (χ4v) is 5.60. The molecule has 0 radical (unpaired) electrons. The van der Waals surface area contributed by atoms with E-state index in [-0.39, 0.29) is 31.6 Å². The summed E-state index contributed by atoms with van der Waals surface area (Å²) in [5.74, 6) is -1.05. The van der Waals surface area contributed by atoms with Gasteiger partial charge in [0, 0.05) is 19.3 Å². The topological polar surface area (TPSA) is 78.9 Å². The van der Waals surface area contributed by atoms with Gasteiger partial charge >= 0.3 is 17.9 Å². The molecule has 0 heterocycles. The molecule has 0 fully saturated rings. The molecule has 0 saturated heterocycles. The van der Waals surface area contributed by atoms with Crippen LogP contribution in [0.3, 0.4) is 0 Å². The average Bonchev–Trinajstić information content (AvgIpc) is 3.24. The van der Waals surface area contributed by atoms with E-state index < -0.39 is 12.1 Å². The molecule has 0 saturated carbocycles. The van der Waals surface area contributed by atoms with Crippen LogP contribution in [0, 0.1) is 0 Å². The first-order valence-electron chi connectivity index (χ1n) is 23.3. The van der Waals surface area contributed by atoms with E-state index >= 15 is 0 Å². The van der Waals surface area contributed by atoms with E-state index in [0.29, 0.717) is 19.3 Å². The first kappa shape index (κ1) is 55.6. The maximum Gasteiger partial charge on any atom is 0.306 e. The number of unbranched alkanes of at least 4 members (excludes halogenated alkanes) is 14. The van der Waals surface area contributed by atoms with Gasteiger partial charge in [-0.25, -0.2) is 0 Å². The van der Waals surface area contributed by atoms with Crippen LogP contribution in [0.1, 0.15) is 168 Å². The number of hydrogen-bond donors (Lipinski definition) is 0. The summed E-state index contributed by atoms with van der Waals surface area (Å²) in [5, 5.41) is 0. The van der Waals surface area contributed by atoms with Crippen molar-refractivity contribution in [1.29, 1.82) is 0 Å². The highest BCUT2D eigenvalue weighted by Crippen LogP contribution is 2.12. The molecule has 0 rings (SSSR count). The van der Waals surface area contributed by atoms with E-state index in [9.17, 15) is 14.4 Å². The van der Waals surface area contributed by atoms with Gasteiger partial charge in [0.25, 0.3) is 0 Å². The van der Waals surface area contributed by atoms with Crippen LogP contribution in [0.2, 0.25) is 0 Å². The zero-order chi connectivity index (χ0) is 43.7. The molecule has 0 aromatic heterocycles. The van der Waals surface area contributed by atoms with Gasteiger partial charge in [-0.3, -0.25) is 14.4 Å². The predicted molar refractivity (Wildman–Crippen MR) is 256 cm³/mol. The molecule has 1 unspecified atom stereocenters. The molecule has 0 bridgehead atoms. The van der Waals surface area contributed by atoms with E-state index in [0.717, 1.165) is 89.9 Å². The van der Waals surface area contributed by atoms with Gasteiger partial charge in [-0.15, -0.1) is 0 Å². The Kier molecular flexibility index (Phi) is 43.7. The van der Waals surface area contributed by atoms with Crippen molar-refractivity contribution in [1.82, 2.24) is 0 Å². The van der Waals surface area contributed by atoms with Crippen LogP contribution in [0.25, 0.3) is 0 Å². The summed E-state index contributed by atoms with van der Waals surface area (Å²) in [6.45, 7) is 6.23. The minimum Gasteiger partial charge on any atom is -0.462 e. The Morgan fingerprint density at radius 1 is 0.350 bits per heavy atom. The van der Waals surface area contributed by atoms with Crippen LogP contribution < -0.4 is 0 Å². The molecule has 6 heteroatoms. The van der Waals surface area contributed by atoms with Crippen LogP contribution in [0.4, 0.5) is 0 Å². The Labute approximate surface area is 366 Å². The average molecular weight is 827 g/mol. The third kappa shape index (κ3) is 44.6. The Bertz CT molecular complexity index is 1370. The lowest BCUT2D eigenvalue weighted by atomic mass is 10.1. The van der Waals surface area contributed by atoms with Gasteiger partial charge < -0.3 is 14.2 Å². The van der Waals surface area contributed by atoms with E-state index in [1.807, 2.05) is 91.1 Å². The smallest absolute Gasteiger partial charge is 0.306 e. The number of esters is 3. The number of carbonyl (C=O) groups excluding carboxylic acids is 3. The second-order valence-corrected chi connectivity index (χ2v) is 14.8. The predicted octanol–water partition coefficient (Wildman–Crippen LogP) is 15.1. The molecule has 60 heavy (non-hydrogen) atoms. The van der Waals surface area contributed by atoms with Gasteiger partial charge in [-0.05, 0) is 70.6 Å². The SMILES string of the molecule is CC\C=C/C=C\C=C/C=C\C=C/CCCC(=O)OC(COC(=O)CCCCCCC\C=C/C=C\C=C/C=C\C=C/CCC)COC(=O)CCCCCCC/C=C\CCCC. The highest BCUT2D eigenvalue weighted by Gasteiger charge is 2.19. The zero-order valence-electron chi connectivity index (χ0n) is 37.9. The van der Waals surface area contributed by atoms with Crippen molar-refractivity contribution in [3.05, 3.63) is 134 Å². The summed E-state index contributed by atoms with van der Waals surface area (Å²) in [6.07, 6.45) is 65.8. The summed E-state index contributed by atoms with van der Waals surface area (Å²) in [4.78, 5) is 37.8. The first-order chi connectivity index (χ1) is 29.5. The molecular formula is C54H82O6. The standard InChI is InChI=1S/C54H82O6/c1-4-7-10-13-16-19-22-24-25-26-27-28-30-32-35-38-41-44-47-53(56)59-50-51(49-58-52(55)46-43-40-37-34-31-21-18-15-12-9-6-3)60-54(57)48-45-42-39-36-33-29-23-20-17-14-11-8-5-2/h8,10-11,13-20,22-29,33,36,39,51H,4-7,9,12,21,30-32,34-35,37-38,40-50H2,1-3H3/b11-8-,13-10-,17-14-,18-15-,19-16-,23-20-,24-22-,26-25-,28-27-,33-29-,39-36-. The first-order valence-corrected chi connectivity index (χ1v) is 23.3. The molecule has 6 nitrogen and oxygen atoms in total. The summed E-state index contributed by atoms with van der Waals surface area (Å²) >= 11 is 0. The Morgan fingerprint density at radius 3 is 1.18 bits per heavy atom. The molecular weight excluding hydrogens is 745 g/mol. The van der Waals surface area contributed by atoms with E-state index in [4.69, 9.17) is 14.2 Å². The quantitative estimate of drug-likeness (QED) is 0.0202. The Morgan fingerprint density at radius 2 is 0.717 bits per heavy atom. The number of rotatable bonds is 39. The summed E-state index contributed by atoms with van der Waals surface area (Å²) in [6, 6.07) is 0. The summed E-state index contributed by atoms with van der Waals surface area (Å²) < 4.78 is 16.6. The minimum atomic E-state index is -0.832. The molecule has 0 amide bonds. The van der Waals surface area contributed by atoms with Gasteiger partial charge in [0.2, 0.25) is 0 Å². The van der Waals surface area contributed by atoms with Crippen LogP contribution >= 0.6 is 0 Å². The molecule has 0 aliphatic heterocycles. The van der Waals surface area contributed by atoms with Crippen LogP contribution in [-0.4, -0.2) is 37.2 Å². The number of allylic oxidation sites excluding steroid dienone is 22. The van der Waals surface area contributed by atoms with Crippen molar-refractivity contribution in [2.24, 2.45) is 0 Å². The highest BCUT2D eigenvalue weighted by atomic mass is 16.6. The lowest BCUT2D eigenvalue weighted by Gasteiger charge is -2.18. The normalized spacial score (nSPS) is 13.3. The fourth-order valence-electron chi connectivity index (χ4n) is 5.60. The van der Waals surface area contributed by atoms with Crippen molar-refractivity contribution in [3.63, 3.8) is 0 Å². The number of hydrogen-bond acceptors (Lipinski definition) is 6. The number of carbonyl (C=O) groups is 3. The molecule has 334 valence electrons. The van der Waals surface area contributed by atoms with Gasteiger partial charge in [0.05, 0.1) is 0 Å². The lowest BCUT2D eigenvalue weighted by molar-refractivity contribution is -0.167. The molecule has 1 atom stereocenters. The van der Waals surface area contributed by atoms with Crippen molar-refractivity contribution < 1.29 is 28.6 Å². The molecule has 0 aliphatic rings. The molecule has 0 spiro atoms. The van der Waals surface area contributed by atoms with Crippen molar-refractivity contribution in [2.45, 2.75) is 175 Å². The highest BCUT2D eigenvalue weighted by molar-refractivity contribution is 5.71. The van der Waals surface area contributed by atoms with E-state index in [2.05, 4.69) is 63.3 Å². The van der Waals surface area contributed by atoms with Gasteiger partial charge in [0.15, 0.2) is 6.10 Å². The summed E-state index contributed by atoms with van der Waals surface area (Å²) in [5.41, 5.74) is 0. The maximum atomic E-state index is 12.7.